The van der Waals surface area contributed by atoms with E-state index in [2.05, 4.69) is 40.7 Å². The van der Waals surface area contributed by atoms with E-state index in [9.17, 15) is 19.0 Å². The molecule has 0 spiro atoms. The number of esters is 2. The first kappa shape index (κ1) is 52.7. The number of likely N-dealkylation sites (N-methyl/N-ethyl adjacent to an activating group) is 1. The summed E-state index contributed by atoms with van der Waals surface area (Å²) in [5, 5.41) is 0. The van der Waals surface area contributed by atoms with Gasteiger partial charge in [0, 0.05) is 38.5 Å². The van der Waals surface area contributed by atoms with Gasteiger partial charge in [-0.2, -0.15) is 0 Å². The maximum Gasteiger partial charge on any atom is 0.472 e. The number of rotatable bonds is 36. The number of ether oxygens (including phenoxy) is 2. The zero-order chi connectivity index (χ0) is 43.5. The molecule has 0 saturated heterocycles. The number of aryl methyl sites for hydroxylation is 5. The third-order valence-electron chi connectivity index (χ3n) is 11.0. The van der Waals surface area contributed by atoms with Crippen molar-refractivity contribution in [2.75, 3.05) is 47.5 Å². The van der Waals surface area contributed by atoms with Gasteiger partial charge in [0.05, 0.1) is 27.7 Å². The van der Waals surface area contributed by atoms with Gasteiger partial charge in [-0.15, -0.1) is 0 Å². The second kappa shape index (κ2) is 29.8. The van der Waals surface area contributed by atoms with Crippen LogP contribution in [0.25, 0.3) is 0 Å². The Bertz CT molecular complexity index is 1490. The highest BCUT2D eigenvalue weighted by Gasteiger charge is 2.27. The van der Waals surface area contributed by atoms with Crippen LogP contribution in [0.15, 0.2) is 14.9 Å². The summed E-state index contributed by atoms with van der Waals surface area (Å²) in [4.78, 5) is 35.6. The number of carbonyl (C=O) groups is 2. The molecule has 2 atom stereocenters. The van der Waals surface area contributed by atoms with E-state index in [0.717, 1.165) is 113 Å². The Labute approximate surface area is 357 Å². The highest BCUT2D eigenvalue weighted by molar-refractivity contribution is 7.47. The molecule has 2 aromatic rings. The van der Waals surface area contributed by atoms with Gasteiger partial charge in [-0.1, -0.05) is 90.9 Å². The van der Waals surface area contributed by atoms with E-state index in [0.29, 0.717) is 23.9 Å². The third-order valence-corrected chi connectivity index (χ3v) is 11.9. The minimum absolute atomic E-state index is 0.0183. The molecular formula is C47H83NO10P+. The van der Waals surface area contributed by atoms with Gasteiger partial charge < -0.3 is 27.7 Å². The Morgan fingerprint density at radius 1 is 0.644 bits per heavy atom. The van der Waals surface area contributed by atoms with E-state index >= 15 is 0 Å². The molecule has 0 radical (unpaired) electrons. The van der Waals surface area contributed by atoms with Crippen molar-refractivity contribution in [2.45, 2.75) is 195 Å². The minimum Gasteiger partial charge on any atom is -0.466 e. The third kappa shape index (κ3) is 24.6. The summed E-state index contributed by atoms with van der Waals surface area (Å²) in [5.74, 6) is 3.66. The summed E-state index contributed by atoms with van der Waals surface area (Å²) >= 11 is 0. The van der Waals surface area contributed by atoms with Crippen LogP contribution in [0.1, 0.15) is 182 Å². The van der Waals surface area contributed by atoms with Crippen LogP contribution in [-0.4, -0.2) is 74.9 Å². The van der Waals surface area contributed by atoms with Crippen LogP contribution in [0, 0.1) is 20.8 Å². The number of hydrogen-bond acceptors (Lipinski definition) is 9. The Morgan fingerprint density at radius 3 is 1.75 bits per heavy atom. The second-order valence-corrected chi connectivity index (χ2v) is 19.0. The molecule has 0 saturated carbocycles. The van der Waals surface area contributed by atoms with Crippen molar-refractivity contribution in [3.8, 4) is 0 Å². The number of quaternary nitrogens is 1. The van der Waals surface area contributed by atoms with Gasteiger partial charge >= 0.3 is 19.8 Å². The smallest absolute Gasteiger partial charge is 0.466 e. The van der Waals surface area contributed by atoms with Crippen molar-refractivity contribution in [1.29, 1.82) is 0 Å². The summed E-state index contributed by atoms with van der Waals surface area (Å²) in [6.07, 6.45) is 22.5. The molecule has 59 heavy (non-hydrogen) atoms. The number of unbranched alkanes of at least 4 members (excludes halogenated alkanes) is 14. The van der Waals surface area contributed by atoms with E-state index in [1.165, 1.54) is 55.2 Å². The average molecular weight is 853 g/mol. The molecular weight excluding hydrogens is 769 g/mol. The number of nitrogens with zero attached hydrogens (tertiary/aromatic N) is 1. The van der Waals surface area contributed by atoms with Gasteiger partial charge in [-0.25, -0.2) is 4.57 Å². The van der Waals surface area contributed by atoms with E-state index in [4.69, 9.17) is 27.4 Å². The Morgan fingerprint density at radius 2 is 1.17 bits per heavy atom. The molecule has 2 rings (SSSR count). The number of carbonyl (C=O) groups excluding carboxylic acids is 2. The lowest BCUT2D eigenvalue weighted by Crippen LogP contribution is -2.37. The molecule has 1 N–H and O–H groups in total. The van der Waals surface area contributed by atoms with Gasteiger partial charge in [0.2, 0.25) is 0 Å². The van der Waals surface area contributed by atoms with Crippen molar-refractivity contribution < 1.29 is 50.9 Å². The highest BCUT2D eigenvalue weighted by Crippen LogP contribution is 2.43. The van der Waals surface area contributed by atoms with Crippen molar-refractivity contribution in [3.05, 3.63) is 45.8 Å². The van der Waals surface area contributed by atoms with Crippen molar-refractivity contribution in [2.24, 2.45) is 0 Å². The molecule has 340 valence electrons. The minimum atomic E-state index is -4.40. The maximum atomic E-state index is 12.8. The molecule has 12 heteroatoms. The molecule has 0 aromatic carbocycles. The highest BCUT2D eigenvalue weighted by atomic mass is 31.2. The van der Waals surface area contributed by atoms with Gasteiger partial charge in [-0.3, -0.25) is 18.6 Å². The largest absolute Gasteiger partial charge is 0.472 e. The summed E-state index contributed by atoms with van der Waals surface area (Å²) in [6.45, 7) is 10.7. The summed E-state index contributed by atoms with van der Waals surface area (Å²) in [5.41, 5.74) is 3.88. The standard InChI is InChI=1S/C47H82NO10P/c1-9-11-22-28-41-35-38(3)43(56-41)29-23-18-16-17-21-26-32-47(50)57-42(37-55-59(51,52)54-34-33-48(6,7)8)36-53-46(49)31-25-20-15-13-12-14-19-24-30-45-40(5)39(4)44(58-45)27-10-2/h35,42H,9-34,36-37H2,1-8H3/p+1. The molecule has 2 unspecified atom stereocenters. The van der Waals surface area contributed by atoms with Crippen LogP contribution in [0.3, 0.4) is 0 Å². The lowest BCUT2D eigenvalue weighted by molar-refractivity contribution is -0.870. The Kier molecular flexibility index (Phi) is 26.6. The lowest BCUT2D eigenvalue weighted by atomic mass is 10.0. The number of phosphoric ester groups is 1. The molecule has 2 aromatic heterocycles. The predicted molar refractivity (Wildman–Crippen MR) is 236 cm³/mol. The fraction of sp³-hybridized carbons (Fsp3) is 0.787. The molecule has 0 aliphatic heterocycles. The summed E-state index contributed by atoms with van der Waals surface area (Å²) in [6, 6.07) is 2.19. The second-order valence-electron chi connectivity index (χ2n) is 17.6. The molecule has 0 amide bonds. The van der Waals surface area contributed by atoms with Gasteiger partial charge in [0.25, 0.3) is 0 Å². The van der Waals surface area contributed by atoms with Crippen LogP contribution in [0.4, 0.5) is 0 Å². The van der Waals surface area contributed by atoms with Gasteiger partial charge in [0.15, 0.2) is 6.10 Å². The van der Waals surface area contributed by atoms with E-state index in [1.54, 1.807) is 0 Å². The van der Waals surface area contributed by atoms with Crippen molar-refractivity contribution in [1.82, 2.24) is 0 Å². The predicted octanol–water partition coefficient (Wildman–Crippen LogP) is 11.8. The summed E-state index contributed by atoms with van der Waals surface area (Å²) < 4.78 is 46.7. The zero-order valence-electron chi connectivity index (χ0n) is 38.5. The molecule has 0 fully saturated rings. The van der Waals surface area contributed by atoms with Gasteiger partial charge in [-0.05, 0) is 82.1 Å². The van der Waals surface area contributed by atoms with Crippen LogP contribution >= 0.6 is 7.82 Å². The fourth-order valence-electron chi connectivity index (χ4n) is 7.08. The first-order valence-corrected chi connectivity index (χ1v) is 24.6. The number of phosphoric acid groups is 1. The first-order valence-electron chi connectivity index (χ1n) is 23.1. The summed E-state index contributed by atoms with van der Waals surface area (Å²) in [7, 11) is 1.43. The molecule has 11 nitrogen and oxygen atoms in total. The monoisotopic (exact) mass is 853 g/mol. The van der Waals surface area contributed by atoms with Crippen molar-refractivity contribution >= 4 is 19.8 Å². The van der Waals surface area contributed by atoms with Crippen LogP contribution in [-0.2, 0) is 58.4 Å². The topological polar surface area (TPSA) is 135 Å². The Hall–Kier alpha value is -2.43. The fourth-order valence-corrected chi connectivity index (χ4v) is 7.82. The molecule has 0 aliphatic rings. The zero-order valence-corrected chi connectivity index (χ0v) is 39.4. The van der Waals surface area contributed by atoms with Crippen LogP contribution < -0.4 is 0 Å². The van der Waals surface area contributed by atoms with Gasteiger partial charge in [0.1, 0.15) is 42.8 Å². The van der Waals surface area contributed by atoms with Crippen molar-refractivity contribution in [3.63, 3.8) is 0 Å². The quantitative estimate of drug-likeness (QED) is 0.0305. The normalized spacial score (nSPS) is 13.4. The van der Waals surface area contributed by atoms with E-state index < -0.39 is 32.5 Å². The molecule has 0 bridgehead atoms. The Balaban J connectivity index is 1.65. The van der Waals surface area contributed by atoms with Crippen LogP contribution in [0.5, 0.6) is 0 Å². The molecule has 2 heterocycles. The van der Waals surface area contributed by atoms with E-state index in [-0.39, 0.29) is 26.1 Å². The first-order chi connectivity index (χ1) is 28.1. The van der Waals surface area contributed by atoms with Crippen LogP contribution in [0.2, 0.25) is 0 Å². The van der Waals surface area contributed by atoms with E-state index in [1.807, 2.05) is 21.1 Å². The number of furan rings is 2. The number of hydrogen-bond donors (Lipinski definition) is 1. The maximum absolute atomic E-state index is 12.8. The lowest BCUT2D eigenvalue weighted by Gasteiger charge is -2.24. The molecule has 0 aliphatic carbocycles. The SMILES string of the molecule is CCCCCc1cc(C)c(CCCCCCCCC(=O)OC(COC(=O)CCCCCCCCCCc2oc(CCC)c(C)c2C)COP(=O)(O)OCC[N+](C)(C)C)o1. The average Bonchev–Trinajstić information content (AvgIpc) is 3.66.